The van der Waals surface area contributed by atoms with Crippen molar-refractivity contribution in [1.29, 1.82) is 0 Å². The lowest BCUT2D eigenvalue weighted by atomic mass is 9.96. The molecule has 38 heavy (non-hydrogen) atoms. The predicted molar refractivity (Wildman–Crippen MR) is 159 cm³/mol. The van der Waals surface area contributed by atoms with Crippen LogP contribution in [-0.4, -0.2) is 27.2 Å². The topological polar surface area (TPSA) is 73.4 Å². The summed E-state index contributed by atoms with van der Waals surface area (Å²) in [5, 5.41) is 0. The van der Waals surface area contributed by atoms with Crippen LogP contribution in [0.4, 0.5) is 0 Å². The Bertz CT molecular complexity index is 1540. The SMILES string of the molecule is CCC1=C(C)C2=Cc3[nH]c(c(CC)c3CC)CC3=N/C(=C\c4[nH]c(c(C(C)=O)c4C)CC1=N2)C(CC)=C3C. The monoisotopic (exact) mass is 508 g/mol. The Labute approximate surface area is 226 Å². The molecular weight excluding hydrogens is 468 g/mol. The van der Waals surface area contributed by atoms with Crippen molar-refractivity contribution in [2.24, 2.45) is 9.98 Å². The van der Waals surface area contributed by atoms with Crippen LogP contribution in [0.1, 0.15) is 111 Å². The molecule has 2 aromatic rings. The van der Waals surface area contributed by atoms with Crippen molar-refractivity contribution >= 4 is 29.4 Å². The highest BCUT2D eigenvalue weighted by Gasteiger charge is 2.27. The molecule has 0 amide bonds. The van der Waals surface area contributed by atoms with Crippen molar-refractivity contribution in [3.05, 3.63) is 78.7 Å². The van der Waals surface area contributed by atoms with E-state index in [2.05, 4.69) is 63.7 Å². The molecule has 0 saturated heterocycles. The number of rotatable bonds is 5. The number of Topliss-reactive ketones (excluding diaryl/α,β-unsaturated/α-hetero) is 1. The first-order valence-corrected chi connectivity index (χ1v) is 14.2. The molecule has 0 aromatic carbocycles. The smallest absolute Gasteiger partial charge is 0.161 e. The number of allylic oxidation sites excluding steroid dienone is 4. The second kappa shape index (κ2) is 10.0. The fourth-order valence-electron chi connectivity index (χ4n) is 6.63. The summed E-state index contributed by atoms with van der Waals surface area (Å²) >= 11 is 0. The van der Waals surface area contributed by atoms with E-state index in [1.807, 2.05) is 6.92 Å². The summed E-state index contributed by atoms with van der Waals surface area (Å²) in [4.78, 5) is 30.6. The molecule has 0 saturated carbocycles. The standard InChI is InChI=1S/C33H40N4O/c1-9-21-17(5)25-13-30-23(11-3)24(12-4)31(37-30)14-26-18(6)22(10-2)29(35-26)16-32-33(20(8)38)19(7)27(36-32)15-28(21)34-25/h14-15,36-37H,9-13,16H2,1-8H3/b26-14?,28-15-. The van der Waals surface area contributed by atoms with Crippen molar-refractivity contribution in [2.75, 3.05) is 0 Å². The zero-order chi connectivity index (χ0) is 27.3. The molecule has 0 aliphatic carbocycles. The normalized spacial score (nSPS) is 18.5. The van der Waals surface area contributed by atoms with E-state index in [1.165, 1.54) is 39.1 Å². The van der Waals surface area contributed by atoms with Gasteiger partial charge in [0.25, 0.3) is 0 Å². The van der Waals surface area contributed by atoms with Gasteiger partial charge in [0, 0.05) is 41.2 Å². The van der Waals surface area contributed by atoms with Crippen molar-refractivity contribution in [2.45, 2.75) is 93.9 Å². The third-order valence-corrected chi connectivity index (χ3v) is 8.61. The fraction of sp³-hybridized carbons (Fsp3) is 0.424. The number of H-pyrrole nitrogens is 2. The minimum absolute atomic E-state index is 0.0840. The zero-order valence-electron chi connectivity index (χ0n) is 24.2. The van der Waals surface area contributed by atoms with Crippen LogP contribution < -0.4 is 0 Å². The van der Waals surface area contributed by atoms with Crippen LogP contribution in [0.5, 0.6) is 0 Å². The van der Waals surface area contributed by atoms with E-state index < -0.39 is 0 Å². The van der Waals surface area contributed by atoms with E-state index >= 15 is 0 Å². The van der Waals surface area contributed by atoms with Gasteiger partial charge >= 0.3 is 0 Å². The van der Waals surface area contributed by atoms with Gasteiger partial charge in [-0.1, -0.05) is 27.7 Å². The summed E-state index contributed by atoms with van der Waals surface area (Å²) < 4.78 is 0. The molecule has 5 heterocycles. The molecular formula is C33H40N4O. The summed E-state index contributed by atoms with van der Waals surface area (Å²) in [6, 6.07) is 0. The molecule has 0 radical (unpaired) electrons. The molecule has 5 nitrogen and oxygen atoms in total. The Balaban J connectivity index is 1.80. The number of nitrogens with one attached hydrogen (secondary N) is 2. The van der Waals surface area contributed by atoms with Crippen LogP contribution in [0.3, 0.4) is 0 Å². The fourth-order valence-corrected chi connectivity index (χ4v) is 6.63. The van der Waals surface area contributed by atoms with Gasteiger partial charge in [0.15, 0.2) is 5.78 Å². The average Bonchev–Trinajstić information content (AvgIpc) is 3.56. The number of hydrogen-bond donors (Lipinski definition) is 2. The van der Waals surface area contributed by atoms with Crippen LogP contribution in [0.25, 0.3) is 12.2 Å². The minimum atomic E-state index is 0.0840. The number of nitrogens with zero attached hydrogens (tertiary/aromatic N) is 2. The van der Waals surface area contributed by atoms with E-state index in [4.69, 9.17) is 9.98 Å². The van der Waals surface area contributed by atoms with Crippen molar-refractivity contribution in [1.82, 2.24) is 9.97 Å². The average molecular weight is 509 g/mol. The third kappa shape index (κ3) is 4.13. The molecule has 3 aliphatic heterocycles. The summed E-state index contributed by atoms with van der Waals surface area (Å²) in [6.45, 7) is 17.0. The maximum Gasteiger partial charge on any atom is 0.161 e. The minimum Gasteiger partial charge on any atom is -0.358 e. The number of carbonyl (C=O) groups is 1. The molecule has 2 N–H and O–H groups in total. The van der Waals surface area contributed by atoms with Crippen LogP contribution in [-0.2, 0) is 25.7 Å². The van der Waals surface area contributed by atoms with Gasteiger partial charge in [-0.15, -0.1) is 0 Å². The lowest BCUT2D eigenvalue weighted by Gasteiger charge is -2.06. The van der Waals surface area contributed by atoms with Crippen LogP contribution in [0, 0.1) is 6.92 Å². The van der Waals surface area contributed by atoms with Gasteiger partial charge in [-0.05, 0) is 105 Å². The molecule has 3 aliphatic rings. The van der Waals surface area contributed by atoms with Gasteiger partial charge in [0.2, 0.25) is 0 Å². The molecule has 0 atom stereocenters. The second-order valence-corrected chi connectivity index (χ2v) is 10.7. The van der Waals surface area contributed by atoms with Gasteiger partial charge in [-0.3, -0.25) is 14.8 Å². The lowest BCUT2D eigenvalue weighted by Crippen LogP contribution is -2.08. The Hall–Kier alpha value is -3.47. The summed E-state index contributed by atoms with van der Waals surface area (Å²) in [5.41, 5.74) is 18.1. The van der Waals surface area contributed by atoms with E-state index in [9.17, 15) is 4.79 Å². The molecule has 0 unspecified atom stereocenters. The third-order valence-electron chi connectivity index (χ3n) is 8.61. The van der Waals surface area contributed by atoms with Gasteiger partial charge < -0.3 is 9.97 Å². The number of carbonyl (C=O) groups excluding carboxylic acids is 1. The van der Waals surface area contributed by atoms with Crippen LogP contribution in [0.15, 0.2) is 43.7 Å². The highest BCUT2D eigenvalue weighted by Crippen LogP contribution is 2.36. The quantitative estimate of drug-likeness (QED) is 0.397. The van der Waals surface area contributed by atoms with Crippen molar-refractivity contribution in [3.8, 4) is 0 Å². The number of aromatic nitrogens is 2. The van der Waals surface area contributed by atoms with Gasteiger partial charge in [0.1, 0.15) is 0 Å². The van der Waals surface area contributed by atoms with E-state index in [0.29, 0.717) is 6.42 Å². The van der Waals surface area contributed by atoms with Crippen molar-refractivity contribution < 1.29 is 4.79 Å². The summed E-state index contributed by atoms with van der Waals surface area (Å²) in [6.07, 6.45) is 9.56. The van der Waals surface area contributed by atoms with E-state index in [-0.39, 0.29) is 5.78 Å². The molecule has 5 heteroatoms. The van der Waals surface area contributed by atoms with E-state index in [0.717, 1.165) is 83.1 Å². The summed E-state index contributed by atoms with van der Waals surface area (Å²) in [5.74, 6) is 0.0840. The molecule has 5 rings (SSSR count). The first kappa shape index (κ1) is 26.1. The van der Waals surface area contributed by atoms with Gasteiger partial charge in [0.05, 0.1) is 22.8 Å². The molecule has 198 valence electrons. The van der Waals surface area contributed by atoms with Gasteiger partial charge in [-0.2, -0.15) is 0 Å². The first-order valence-electron chi connectivity index (χ1n) is 14.2. The molecule has 8 bridgehead atoms. The highest BCUT2D eigenvalue weighted by atomic mass is 16.1. The zero-order valence-corrected chi connectivity index (χ0v) is 24.2. The number of hydrogen-bond acceptors (Lipinski definition) is 3. The van der Waals surface area contributed by atoms with Gasteiger partial charge in [-0.25, -0.2) is 0 Å². The largest absolute Gasteiger partial charge is 0.358 e. The first-order chi connectivity index (χ1) is 18.2. The summed E-state index contributed by atoms with van der Waals surface area (Å²) in [7, 11) is 0. The molecule has 0 spiro atoms. The van der Waals surface area contributed by atoms with Crippen LogP contribution >= 0.6 is 0 Å². The number of ketones is 1. The number of aliphatic imine (C=N–C) groups is 2. The van der Waals surface area contributed by atoms with Crippen molar-refractivity contribution in [3.63, 3.8) is 0 Å². The Morgan fingerprint density at radius 1 is 0.737 bits per heavy atom. The lowest BCUT2D eigenvalue weighted by molar-refractivity contribution is 0.101. The second-order valence-electron chi connectivity index (χ2n) is 10.7. The molecule has 0 fully saturated rings. The number of aromatic amines is 2. The maximum atomic E-state index is 12.8. The Morgan fingerprint density at radius 3 is 1.97 bits per heavy atom. The predicted octanol–water partition coefficient (Wildman–Crippen LogP) is 7.82. The number of fused-ring (bicyclic) bond motifs is 6. The maximum absolute atomic E-state index is 12.8. The highest BCUT2D eigenvalue weighted by molar-refractivity contribution is 6.09. The van der Waals surface area contributed by atoms with E-state index in [1.54, 1.807) is 6.92 Å². The molecule has 2 aromatic heterocycles. The Kier molecular flexibility index (Phi) is 6.89. The van der Waals surface area contributed by atoms with Crippen LogP contribution in [0.2, 0.25) is 0 Å². The Morgan fingerprint density at radius 2 is 1.34 bits per heavy atom.